The lowest BCUT2D eigenvalue weighted by atomic mass is 9.70. The van der Waals surface area contributed by atoms with E-state index in [0.717, 1.165) is 0 Å². The summed E-state index contributed by atoms with van der Waals surface area (Å²) in [6.45, 7) is 4.29. The molecule has 1 rings (SSSR count). The molecule has 0 aromatic heterocycles. The molecule has 0 bridgehead atoms. The van der Waals surface area contributed by atoms with Crippen LogP contribution in [0.2, 0.25) is 0 Å². The minimum Gasteiger partial charge on any atom is -0.396 e. The first-order valence-corrected chi connectivity index (χ1v) is 5.81. The molecule has 0 aromatic carbocycles. The van der Waals surface area contributed by atoms with Crippen molar-refractivity contribution in [2.45, 2.75) is 32.2 Å². The molecule has 1 aliphatic carbocycles. The van der Waals surface area contributed by atoms with Crippen molar-refractivity contribution in [3.63, 3.8) is 0 Å². The number of methoxy groups -OCH3 is 3. The average molecular weight is 232 g/mol. The Hall–Kier alpha value is -0.160. The topological polar surface area (TPSA) is 47.9 Å². The van der Waals surface area contributed by atoms with E-state index in [-0.39, 0.29) is 42.7 Å². The van der Waals surface area contributed by atoms with E-state index in [4.69, 9.17) is 14.2 Å². The monoisotopic (exact) mass is 232 g/mol. The van der Waals surface area contributed by atoms with Crippen molar-refractivity contribution in [1.29, 1.82) is 0 Å². The van der Waals surface area contributed by atoms with E-state index >= 15 is 0 Å². The highest BCUT2D eigenvalue weighted by atomic mass is 16.5. The van der Waals surface area contributed by atoms with Crippen LogP contribution in [-0.2, 0) is 14.2 Å². The van der Waals surface area contributed by atoms with Gasteiger partial charge in [-0.25, -0.2) is 0 Å². The summed E-state index contributed by atoms with van der Waals surface area (Å²) in [5.41, 5.74) is 0. The maximum atomic E-state index is 9.48. The predicted molar refractivity (Wildman–Crippen MR) is 61.3 cm³/mol. The minimum absolute atomic E-state index is 0.0172. The number of hydrogen-bond donors (Lipinski definition) is 1. The first-order chi connectivity index (χ1) is 7.62. The molecule has 1 aliphatic rings. The van der Waals surface area contributed by atoms with Gasteiger partial charge in [-0.1, -0.05) is 13.8 Å². The zero-order valence-corrected chi connectivity index (χ0v) is 10.8. The van der Waals surface area contributed by atoms with E-state index in [9.17, 15) is 5.11 Å². The SMILES string of the molecule is COC1C(C)C(OC)C(OC)C(C)C1CO. The average Bonchev–Trinajstić information content (AvgIpc) is 2.30. The normalized spacial score (nSPS) is 44.6. The first kappa shape index (κ1) is 13.9. The quantitative estimate of drug-likeness (QED) is 0.783. The molecule has 16 heavy (non-hydrogen) atoms. The molecule has 0 saturated heterocycles. The summed E-state index contributed by atoms with van der Waals surface area (Å²) >= 11 is 0. The Morgan fingerprint density at radius 1 is 0.812 bits per heavy atom. The Balaban J connectivity index is 2.92. The van der Waals surface area contributed by atoms with Crippen LogP contribution in [0.15, 0.2) is 0 Å². The van der Waals surface area contributed by atoms with Crippen LogP contribution in [0, 0.1) is 17.8 Å². The third kappa shape index (κ3) is 2.25. The third-order valence-electron chi connectivity index (χ3n) is 4.00. The lowest BCUT2D eigenvalue weighted by Gasteiger charge is -2.47. The van der Waals surface area contributed by atoms with Gasteiger partial charge in [0, 0.05) is 39.8 Å². The Morgan fingerprint density at radius 3 is 1.62 bits per heavy atom. The lowest BCUT2D eigenvalue weighted by Crippen LogP contribution is -2.56. The molecule has 4 heteroatoms. The van der Waals surface area contributed by atoms with Crippen molar-refractivity contribution >= 4 is 0 Å². The molecule has 1 fully saturated rings. The Bertz CT molecular complexity index is 167. The predicted octanol–water partition coefficient (Wildman–Crippen LogP) is 0.926. The molecule has 4 nitrogen and oxygen atoms in total. The van der Waals surface area contributed by atoms with Crippen LogP contribution in [-0.4, -0.2) is 51.4 Å². The van der Waals surface area contributed by atoms with E-state index in [0.29, 0.717) is 0 Å². The van der Waals surface area contributed by atoms with E-state index < -0.39 is 0 Å². The summed E-state index contributed by atoms with van der Waals surface area (Å²) in [6.07, 6.45) is 0.0626. The number of aliphatic hydroxyl groups excluding tert-OH is 1. The molecule has 0 radical (unpaired) electrons. The zero-order valence-electron chi connectivity index (χ0n) is 10.8. The van der Waals surface area contributed by atoms with Crippen LogP contribution < -0.4 is 0 Å². The lowest BCUT2D eigenvalue weighted by molar-refractivity contribution is -0.181. The Labute approximate surface area is 97.9 Å². The second-order valence-corrected chi connectivity index (χ2v) is 4.67. The maximum absolute atomic E-state index is 9.48. The molecule has 6 atom stereocenters. The second kappa shape index (κ2) is 5.96. The highest BCUT2D eigenvalue weighted by Crippen LogP contribution is 2.38. The summed E-state index contributed by atoms with van der Waals surface area (Å²) in [7, 11) is 5.09. The third-order valence-corrected chi connectivity index (χ3v) is 4.00. The number of ether oxygens (including phenoxy) is 3. The van der Waals surface area contributed by atoms with Crippen LogP contribution in [0.1, 0.15) is 13.8 Å². The van der Waals surface area contributed by atoms with Gasteiger partial charge < -0.3 is 19.3 Å². The number of aliphatic hydroxyl groups is 1. The summed E-state index contributed by atoms with van der Waals surface area (Å²) in [4.78, 5) is 0. The minimum atomic E-state index is 0.0172. The smallest absolute Gasteiger partial charge is 0.0885 e. The maximum Gasteiger partial charge on any atom is 0.0885 e. The van der Waals surface area contributed by atoms with E-state index in [1.54, 1.807) is 21.3 Å². The standard InChI is InChI=1S/C12H24O4/c1-7-9(6-13)10(14-3)8(2)12(16-5)11(7)15-4/h7-13H,6H2,1-5H3. The molecule has 6 unspecified atom stereocenters. The number of rotatable bonds is 4. The van der Waals surface area contributed by atoms with Gasteiger partial charge in [0.1, 0.15) is 0 Å². The first-order valence-electron chi connectivity index (χ1n) is 5.81. The number of hydrogen-bond acceptors (Lipinski definition) is 4. The van der Waals surface area contributed by atoms with Gasteiger partial charge in [0.05, 0.1) is 18.3 Å². The van der Waals surface area contributed by atoms with Gasteiger partial charge in [-0.05, 0) is 5.92 Å². The van der Waals surface area contributed by atoms with Gasteiger partial charge >= 0.3 is 0 Å². The molecule has 96 valence electrons. The molecule has 0 aromatic rings. The highest BCUT2D eigenvalue weighted by molar-refractivity contribution is 4.96. The Morgan fingerprint density at radius 2 is 1.25 bits per heavy atom. The Kier molecular flexibility index (Phi) is 5.18. The van der Waals surface area contributed by atoms with E-state index in [2.05, 4.69) is 13.8 Å². The summed E-state index contributed by atoms with van der Waals surface area (Å²) in [5, 5.41) is 9.48. The molecule has 0 amide bonds. The molecule has 0 heterocycles. The van der Waals surface area contributed by atoms with Crippen LogP contribution in [0.5, 0.6) is 0 Å². The molecule has 0 aliphatic heterocycles. The fourth-order valence-electron chi connectivity index (χ4n) is 3.08. The fourth-order valence-corrected chi connectivity index (χ4v) is 3.08. The van der Waals surface area contributed by atoms with Crippen molar-refractivity contribution < 1.29 is 19.3 Å². The summed E-state index contributed by atoms with van der Waals surface area (Å²) < 4.78 is 16.5. The van der Waals surface area contributed by atoms with Gasteiger partial charge in [0.2, 0.25) is 0 Å². The largest absolute Gasteiger partial charge is 0.396 e. The fraction of sp³-hybridized carbons (Fsp3) is 1.00. The molecule has 0 spiro atoms. The molecular formula is C12H24O4. The molecular weight excluding hydrogens is 208 g/mol. The van der Waals surface area contributed by atoms with Crippen molar-refractivity contribution in [2.24, 2.45) is 17.8 Å². The summed E-state index contributed by atoms with van der Waals surface area (Å²) in [6, 6.07) is 0. The van der Waals surface area contributed by atoms with Crippen molar-refractivity contribution in [2.75, 3.05) is 27.9 Å². The van der Waals surface area contributed by atoms with Gasteiger partial charge in [-0.2, -0.15) is 0 Å². The van der Waals surface area contributed by atoms with Crippen molar-refractivity contribution in [3.05, 3.63) is 0 Å². The molecule has 1 N–H and O–H groups in total. The highest BCUT2D eigenvalue weighted by Gasteiger charge is 2.47. The van der Waals surface area contributed by atoms with Gasteiger partial charge in [0.15, 0.2) is 0 Å². The second-order valence-electron chi connectivity index (χ2n) is 4.67. The van der Waals surface area contributed by atoms with Crippen LogP contribution in [0.3, 0.4) is 0 Å². The van der Waals surface area contributed by atoms with Gasteiger partial charge in [0.25, 0.3) is 0 Å². The van der Waals surface area contributed by atoms with Crippen molar-refractivity contribution in [1.82, 2.24) is 0 Å². The van der Waals surface area contributed by atoms with Gasteiger partial charge in [-0.15, -0.1) is 0 Å². The molecule has 1 saturated carbocycles. The van der Waals surface area contributed by atoms with Crippen LogP contribution in [0.25, 0.3) is 0 Å². The van der Waals surface area contributed by atoms with Crippen LogP contribution in [0.4, 0.5) is 0 Å². The van der Waals surface area contributed by atoms with Gasteiger partial charge in [-0.3, -0.25) is 0 Å². The summed E-state index contributed by atoms with van der Waals surface area (Å²) in [5.74, 6) is 0.547. The zero-order chi connectivity index (χ0) is 12.3. The van der Waals surface area contributed by atoms with E-state index in [1.807, 2.05) is 0 Å². The van der Waals surface area contributed by atoms with Crippen molar-refractivity contribution in [3.8, 4) is 0 Å². The van der Waals surface area contributed by atoms with Crippen LogP contribution >= 0.6 is 0 Å². The van der Waals surface area contributed by atoms with E-state index in [1.165, 1.54) is 0 Å².